The van der Waals surface area contributed by atoms with Crippen LogP contribution in [0.25, 0.3) is 0 Å². The minimum atomic E-state index is -0.782. The van der Waals surface area contributed by atoms with Crippen molar-refractivity contribution in [1.29, 1.82) is 0 Å². The maximum absolute atomic E-state index is 12.9. The van der Waals surface area contributed by atoms with Gasteiger partial charge in [0.05, 0.1) is 0 Å². The number of allylic oxidation sites excluding steroid dienone is 18. The second-order valence-electron chi connectivity index (χ2n) is 23.0. The van der Waals surface area contributed by atoms with Crippen LogP contribution in [0, 0.1) is 0 Å². The molecule has 1 atom stereocenters. The number of ether oxygens (including phenoxy) is 3. The molecule has 82 heavy (non-hydrogen) atoms. The Morgan fingerprint density at radius 2 is 0.476 bits per heavy atom. The molecule has 0 amide bonds. The van der Waals surface area contributed by atoms with Crippen molar-refractivity contribution < 1.29 is 28.6 Å². The van der Waals surface area contributed by atoms with Crippen LogP contribution in [0.1, 0.15) is 335 Å². The van der Waals surface area contributed by atoms with Gasteiger partial charge in [0.2, 0.25) is 0 Å². The third-order valence-corrected chi connectivity index (χ3v) is 15.0. The van der Waals surface area contributed by atoms with Gasteiger partial charge in [-0.2, -0.15) is 0 Å². The molecule has 6 heteroatoms. The van der Waals surface area contributed by atoms with Gasteiger partial charge in [-0.3, -0.25) is 14.4 Å². The van der Waals surface area contributed by atoms with Crippen LogP contribution in [-0.4, -0.2) is 37.2 Å². The van der Waals surface area contributed by atoms with E-state index in [1.807, 2.05) is 0 Å². The Morgan fingerprint density at radius 1 is 0.256 bits per heavy atom. The maximum atomic E-state index is 12.9. The van der Waals surface area contributed by atoms with Crippen molar-refractivity contribution >= 4 is 17.9 Å². The van der Waals surface area contributed by atoms with E-state index < -0.39 is 6.10 Å². The molecule has 1 unspecified atom stereocenters. The summed E-state index contributed by atoms with van der Waals surface area (Å²) in [5, 5.41) is 0. The molecule has 0 aromatic heterocycles. The number of unbranched alkanes of at least 4 members (excludes halogenated alkanes) is 34. The van der Waals surface area contributed by atoms with Crippen LogP contribution >= 0.6 is 0 Å². The average molecular weight is 1140 g/mol. The van der Waals surface area contributed by atoms with Crippen LogP contribution in [0.4, 0.5) is 0 Å². The zero-order chi connectivity index (χ0) is 59.2. The normalized spacial score (nSPS) is 12.8. The van der Waals surface area contributed by atoms with E-state index in [-0.39, 0.29) is 31.1 Å². The first-order valence-corrected chi connectivity index (χ1v) is 34.9. The summed E-state index contributed by atoms with van der Waals surface area (Å²) in [5.41, 5.74) is 0. The van der Waals surface area contributed by atoms with Crippen LogP contribution in [0.3, 0.4) is 0 Å². The van der Waals surface area contributed by atoms with Crippen molar-refractivity contribution in [2.24, 2.45) is 0 Å². The van der Waals surface area contributed by atoms with Crippen molar-refractivity contribution in [1.82, 2.24) is 0 Å². The Kier molecular flexibility index (Phi) is 66.2. The minimum absolute atomic E-state index is 0.0775. The van der Waals surface area contributed by atoms with E-state index in [4.69, 9.17) is 14.2 Å². The average Bonchev–Trinajstić information content (AvgIpc) is 3.47. The molecular weight excluding hydrogens is 1010 g/mol. The summed E-state index contributed by atoms with van der Waals surface area (Å²) in [6.45, 7) is 6.44. The SMILES string of the molecule is CC/C=C\C/C=C\C/C=C\C/C=C\C/C=C\CCCCCCCCCCCCCCCCCC(=O)OCC(COC(=O)CCCCCCCCCCCCCC)OC(=O)CCCCCCCCCC/C=C\C/C=C\C/C=C\C/C=C\CC. The molecule has 0 saturated carbocycles. The Hall–Kier alpha value is -3.93. The summed E-state index contributed by atoms with van der Waals surface area (Å²) in [7, 11) is 0. The summed E-state index contributed by atoms with van der Waals surface area (Å²) < 4.78 is 17.0. The molecule has 0 aromatic carbocycles. The van der Waals surface area contributed by atoms with Gasteiger partial charge in [-0.1, -0.05) is 323 Å². The lowest BCUT2D eigenvalue weighted by Crippen LogP contribution is -2.30. The van der Waals surface area contributed by atoms with E-state index in [1.165, 1.54) is 173 Å². The van der Waals surface area contributed by atoms with E-state index in [9.17, 15) is 14.4 Å². The first-order chi connectivity index (χ1) is 40.5. The van der Waals surface area contributed by atoms with Crippen LogP contribution in [0.5, 0.6) is 0 Å². The Balaban J connectivity index is 4.23. The third-order valence-electron chi connectivity index (χ3n) is 15.0. The standard InChI is InChI=1S/C76H130O6/c1-4-7-10-13-16-19-22-25-27-29-31-33-34-35-36-37-38-39-40-41-42-44-45-47-49-51-54-57-60-63-66-69-75(78)81-72-73(71-80-74(77)68-65-62-59-56-53-24-21-18-15-12-9-6-3)82-76(79)70-67-64-61-58-55-52-50-48-46-43-32-30-28-26-23-20-17-14-11-8-5-2/h7-8,10-11,16-17,19-20,25-28,31-33,35-36,43,73H,4-6,9,12-15,18,21-24,29-30,34,37-42,44-72H2,1-3H3/b10-7-,11-8-,19-16-,20-17-,27-25-,28-26-,33-31-,36-35-,43-32-. The Morgan fingerprint density at radius 3 is 0.744 bits per heavy atom. The summed E-state index contributed by atoms with van der Waals surface area (Å²) in [4.78, 5) is 38.4. The predicted molar refractivity (Wildman–Crippen MR) is 357 cm³/mol. The number of hydrogen-bond donors (Lipinski definition) is 0. The van der Waals surface area contributed by atoms with Crippen molar-refractivity contribution in [2.45, 2.75) is 341 Å². The first kappa shape index (κ1) is 78.1. The Labute approximate surface area is 508 Å². The van der Waals surface area contributed by atoms with Crippen molar-refractivity contribution in [2.75, 3.05) is 13.2 Å². The highest BCUT2D eigenvalue weighted by Gasteiger charge is 2.19. The number of hydrogen-bond acceptors (Lipinski definition) is 6. The van der Waals surface area contributed by atoms with Gasteiger partial charge in [0.1, 0.15) is 13.2 Å². The molecule has 0 saturated heterocycles. The van der Waals surface area contributed by atoms with Crippen LogP contribution < -0.4 is 0 Å². The Bertz CT molecular complexity index is 1640. The fraction of sp³-hybridized carbons (Fsp3) is 0.724. The van der Waals surface area contributed by atoms with Gasteiger partial charge < -0.3 is 14.2 Å². The highest BCUT2D eigenvalue weighted by molar-refractivity contribution is 5.71. The summed E-state index contributed by atoms with van der Waals surface area (Å²) in [5.74, 6) is -0.872. The van der Waals surface area contributed by atoms with Crippen molar-refractivity contribution in [3.63, 3.8) is 0 Å². The quantitative estimate of drug-likeness (QED) is 0.0261. The maximum Gasteiger partial charge on any atom is 0.306 e. The molecule has 0 spiro atoms. The zero-order valence-electron chi connectivity index (χ0n) is 54.0. The van der Waals surface area contributed by atoms with Gasteiger partial charge in [0, 0.05) is 19.3 Å². The molecule has 0 bridgehead atoms. The summed E-state index contributed by atoms with van der Waals surface area (Å²) >= 11 is 0. The van der Waals surface area contributed by atoms with E-state index >= 15 is 0 Å². The van der Waals surface area contributed by atoms with Crippen LogP contribution in [-0.2, 0) is 28.6 Å². The molecule has 0 N–H and O–H groups in total. The molecule has 0 rings (SSSR count). The summed E-state index contributed by atoms with van der Waals surface area (Å²) in [6.07, 6.45) is 95.4. The van der Waals surface area contributed by atoms with Gasteiger partial charge >= 0.3 is 17.9 Å². The van der Waals surface area contributed by atoms with Gasteiger partial charge in [0.25, 0.3) is 0 Å². The van der Waals surface area contributed by atoms with Gasteiger partial charge in [-0.25, -0.2) is 0 Å². The smallest absolute Gasteiger partial charge is 0.306 e. The fourth-order valence-corrected chi connectivity index (χ4v) is 9.88. The molecule has 0 aliphatic heterocycles. The predicted octanol–water partition coefficient (Wildman–Crippen LogP) is 24.2. The fourth-order valence-electron chi connectivity index (χ4n) is 9.88. The van der Waals surface area contributed by atoms with Gasteiger partial charge in [-0.15, -0.1) is 0 Å². The second-order valence-corrected chi connectivity index (χ2v) is 23.0. The van der Waals surface area contributed by atoms with Crippen LogP contribution in [0.15, 0.2) is 109 Å². The van der Waals surface area contributed by atoms with Crippen molar-refractivity contribution in [3.05, 3.63) is 109 Å². The highest BCUT2D eigenvalue weighted by Crippen LogP contribution is 2.17. The van der Waals surface area contributed by atoms with Gasteiger partial charge in [-0.05, 0) is 103 Å². The molecule has 470 valence electrons. The molecule has 6 nitrogen and oxygen atoms in total. The molecule has 0 heterocycles. The monoisotopic (exact) mass is 1140 g/mol. The lowest BCUT2D eigenvalue weighted by molar-refractivity contribution is -0.167. The van der Waals surface area contributed by atoms with Crippen LogP contribution in [0.2, 0.25) is 0 Å². The molecule has 0 radical (unpaired) electrons. The third kappa shape index (κ3) is 66.9. The first-order valence-electron chi connectivity index (χ1n) is 34.9. The minimum Gasteiger partial charge on any atom is -0.462 e. The zero-order valence-corrected chi connectivity index (χ0v) is 54.0. The van der Waals surface area contributed by atoms with E-state index in [0.29, 0.717) is 19.3 Å². The molecule has 0 aliphatic rings. The number of carbonyl (C=O) groups is 3. The lowest BCUT2D eigenvalue weighted by atomic mass is 10.0. The number of esters is 3. The molecule has 0 aliphatic carbocycles. The molecule has 0 aromatic rings. The molecule has 0 fully saturated rings. The lowest BCUT2D eigenvalue weighted by Gasteiger charge is -2.18. The van der Waals surface area contributed by atoms with E-state index in [1.54, 1.807) is 0 Å². The summed E-state index contributed by atoms with van der Waals surface area (Å²) in [6, 6.07) is 0. The highest BCUT2D eigenvalue weighted by atomic mass is 16.6. The van der Waals surface area contributed by atoms with Gasteiger partial charge in [0.15, 0.2) is 6.10 Å². The van der Waals surface area contributed by atoms with Crippen molar-refractivity contribution in [3.8, 4) is 0 Å². The number of rotatable bonds is 63. The second kappa shape index (κ2) is 69.6. The van der Waals surface area contributed by atoms with E-state index in [2.05, 4.69) is 130 Å². The number of carbonyl (C=O) groups excluding carboxylic acids is 3. The largest absolute Gasteiger partial charge is 0.462 e. The van der Waals surface area contributed by atoms with E-state index in [0.717, 1.165) is 122 Å². The topological polar surface area (TPSA) is 78.9 Å². The molecular formula is C76H130O6.